The Kier molecular flexibility index (Phi) is 6.48. The molecule has 0 radical (unpaired) electrons. The molecule has 1 aliphatic rings. The molecule has 2 rings (SSSR count). The number of rotatable bonds is 7. The molecule has 0 atom stereocenters. The molecule has 1 heterocycles. The number of benzene rings is 1. The van der Waals surface area contributed by atoms with Gasteiger partial charge in [-0.15, -0.1) is 0 Å². The number of nitrogens with one attached hydrogen (secondary N) is 1. The van der Waals surface area contributed by atoms with Crippen LogP contribution in [-0.4, -0.2) is 56.0 Å². The number of morpholine rings is 1. The summed E-state index contributed by atoms with van der Waals surface area (Å²) in [5.74, 6) is -1.07. The topological polar surface area (TPSA) is 58.6 Å². The molecule has 0 saturated carbocycles. The lowest BCUT2D eigenvalue weighted by molar-refractivity contribution is -0.121. The predicted molar refractivity (Wildman–Crippen MR) is 80.2 cm³/mol. The molecule has 5 nitrogen and oxygen atoms in total. The van der Waals surface area contributed by atoms with E-state index in [1.54, 1.807) is 6.07 Å². The molecule has 0 aromatic heterocycles. The van der Waals surface area contributed by atoms with Crippen LogP contribution in [0, 0.1) is 5.82 Å². The van der Waals surface area contributed by atoms with Gasteiger partial charge in [0.1, 0.15) is 5.82 Å². The molecule has 120 valence electrons. The third kappa shape index (κ3) is 5.20. The zero-order valence-corrected chi connectivity index (χ0v) is 12.5. The first-order chi connectivity index (χ1) is 10.7. The summed E-state index contributed by atoms with van der Waals surface area (Å²) in [5.41, 5.74) is 0.0450. The number of ether oxygens (including phenoxy) is 1. The second kappa shape index (κ2) is 8.60. The summed E-state index contributed by atoms with van der Waals surface area (Å²) in [4.78, 5) is 25.8. The number of hydrogen-bond acceptors (Lipinski definition) is 4. The number of Topliss-reactive ketones (excluding diaryl/α,β-unsaturated/α-hetero) is 1. The smallest absolute Gasteiger partial charge is 0.220 e. The fourth-order valence-electron chi connectivity index (χ4n) is 2.32. The molecule has 1 aliphatic heterocycles. The highest BCUT2D eigenvalue weighted by molar-refractivity contribution is 5.98. The maximum absolute atomic E-state index is 13.4. The Morgan fingerprint density at radius 3 is 2.64 bits per heavy atom. The highest BCUT2D eigenvalue weighted by Crippen LogP contribution is 2.10. The molecule has 1 N–H and O–H groups in total. The van der Waals surface area contributed by atoms with E-state index < -0.39 is 5.82 Å². The van der Waals surface area contributed by atoms with Gasteiger partial charge in [0, 0.05) is 39.0 Å². The minimum Gasteiger partial charge on any atom is -0.379 e. The largest absolute Gasteiger partial charge is 0.379 e. The van der Waals surface area contributed by atoms with Crippen molar-refractivity contribution >= 4 is 11.7 Å². The number of carbonyl (C=O) groups excluding carboxylic acids is 2. The van der Waals surface area contributed by atoms with E-state index in [4.69, 9.17) is 4.74 Å². The van der Waals surface area contributed by atoms with Gasteiger partial charge in [0.05, 0.1) is 18.8 Å². The maximum Gasteiger partial charge on any atom is 0.220 e. The van der Waals surface area contributed by atoms with Crippen molar-refractivity contribution in [1.82, 2.24) is 10.2 Å². The van der Waals surface area contributed by atoms with E-state index >= 15 is 0 Å². The van der Waals surface area contributed by atoms with Crippen molar-refractivity contribution in [2.24, 2.45) is 0 Å². The Balaban J connectivity index is 1.65. The van der Waals surface area contributed by atoms with Crippen molar-refractivity contribution in [2.75, 3.05) is 39.4 Å². The van der Waals surface area contributed by atoms with Crippen LogP contribution in [0.4, 0.5) is 4.39 Å². The minimum absolute atomic E-state index is 0.0182. The molecule has 0 aliphatic carbocycles. The molecule has 0 unspecified atom stereocenters. The van der Waals surface area contributed by atoms with Crippen LogP contribution in [0.25, 0.3) is 0 Å². The van der Waals surface area contributed by atoms with Crippen LogP contribution in [0.2, 0.25) is 0 Å². The number of halogens is 1. The summed E-state index contributed by atoms with van der Waals surface area (Å²) in [6.45, 7) is 4.53. The molecular formula is C16H21FN2O3. The Morgan fingerprint density at radius 2 is 1.91 bits per heavy atom. The molecule has 1 fully saturated rings. The van der Waals surface area contributed by atoms with E-state index in [0.717, 1.165) is 32.8 Å². The summed E-state index contributed by atoms with van der Waals surface area (Å²) in [5, 5.41) is 2.78. The average Bonchev–Trinajstić information content (AvgIpc) is 2.54. The minimum atomic E-state index is -0.541. The zero-order valence-electron chi connectivity index (χ0n) is 12.5. The fourth-order valence-corrected chi connectivity index (χ4v) is 2.32. The van der Waals surface area contributed by atoms with Crippen LogP contribution >= 0.6 is 0 Å². The van der Waals surface area contributed by atoms with Crippen LogP contribution in [0.5, 0.6) is 0 Å². The SMILES string of the molecule is O=C(CCC(=O)c1ccccc1F)NCCN1CCOCC1. The van der Waals surface area contributed by atoms with Crippen LogP contribution in [0.1, 0.15) is 23.2 Å². The van der Waals surface area contributed by atoms with Gasteiger partial charge in [-0.25, -0.2) is 4.39 Å². The van der Waals surface area contributed by atoms with E-state index in [9.17, 15) is 14.0 Å². The van der Waals surface area contributed by atoms with E-state index in [2.05, 4.69) is 10.2 Å². The van der Waals surface area contributed by atoms with Crippen LogP contribution in [0.15, 0.2) is 24.3 Å². The van der Waals surface area contributed by atoms with Gasteiger partial charge in [-0.1, -0.05) is 12.1 Å². The van der Waals surface area contributed by atoms with E-state index in [1.807, 2.05) is 0 Å². The number of hydrogen-bond donors (Lipinski definition) is 1. The second-order valence-corrected chi connectivity index (χ2v) is 5.21. The lowest BCUT2D eigenvalue weighted by atomic mass is 10.1. The third-order valence-corrected chi connectivity index (χ3v) is 3.61. The maximum atomic E-state index is 13.4. The number of amides is 1. The molecule has 22 heavy (non-hydrogen) atoms. The molecule has 0 bridgehead atoms. The lowest BCUT2D eigenvalue weighted by Crippen LogP contribution is -2.41. The van der Waals surface area contributed by atoms with Gasteiger partial charge < -0.3 is 10.1 Å². The monoisotopic (exact) mass is 308 g/mol. The standard InChI is InChI=1S/C16H21FN2O3/c17-14-4-2-1-3-13(14)15(20)5-6-16(21)18-7-8-19-9-11-22-12-10-19/h1-4H,5-12H2,(H,18,21). The van der Waals surface area contributed by atoms with Crippen molar-refractivity contribution < 1.29 is 18.7 Å². The number of ketones is 1. The Labute approximate surface area is 129 Å². The quantitative estimate of drug-likeness (QED) is 0.770. The van der Waals surface area contributed by atoms with Crippen LogP contribution in [0.3, 0.4) is 0 Å². The van der Waals surface area contributed by atoms with Crippen molar-refractivity contribution in [3.05, 3.63) is 35.6 Å². The molecule has 1 saturated heterocycles. The number of nitrogens with zero attached hydrogens (tertiary/aromatic N) is 1. The fraction of sp³-hybridized carbons (Fsp3) is 0.500. The Bertz CT molecular complexity index is 516. The normalized spacial score (nSPS) is 15.5. The van der Waals surface area contributed by atoms with Crippen molar-refractivity contribution in [1.29, 1.82) is 0 Å². The van der Waals surface area contributed by atoms with Crippen molar-refractivity contribution in [3.8, 4) is 0 Å². The second-order valence-electron chi connectivity index (χ2n) is 5.21. The van der Waals surface area contributed by atoms with E-state index in [-0.39, 0.29) is 30.1 Å². The van der Waals surface area contributed by atoms with Crippen molar-refractivity contribution in [3.63, 3.8) is 0 Å². The molecule has 6 heteroatoms. The van der Waals surface area contributed by atoms with Crippen molar-refractivity contribution in [2.45, 2.75) is 12.8 Å². The predicted octanol–water partition coefficient (Wildman–Crippen LogP) is 1.24. The van der Waals surface area contributed by atoms with Gasteiger partial charge in [-0.2, -0.15) is 0 Å². The van der Waals surface area contributed by atoms with Gasteiger partial charge in [0.2, 0.25) is 5.91 Å². The first-order valence-electron chi connectivity index (χ1n) is 7.51. The molecule has 0 spiro atoms. The van der Waals surface area contributed by atoms with Gasteiger partial charge in [-0.05, 0) is 12.1 Å². The van der Waals surface area contributed by atoms with Crippen LogP contribution < -0.4 is 5.32 Å². The summed E-state index contributed by atoms with van der Waals surface area (Å²) >= 11 is 0. The number of carbonyl (C=O) groups is 2. The first-order valence-corrected chi connectivity index (χ1v) is 7.51. The highest BCUT2D eigenvalue weighted by atomic mass is 19.1. The Hall–Kier alpha value is -1.79. The summed E-state index contributed by atoms with van der Waals surface area (Å²) in [6.07, 6.45) is 0.0978. The van der Waals surface area contributed by atoms with Gasteiger partial charge >= 0.3 is 0 Å². The molecule has 1 aromatic carbocycles. The molecule has 1 aromatic rings. The van der Waals surface area contributed by atoms with Gasteiger partial charge in [0.15, 0.2) is 5.78 Å². The van der Waals surface area contributed by atoms with E-state index in [1.165, 1.54) is 18.2 Å². The van der Waals surface area contributed by atoms with Gasteiger partial charge in [0.25, 0.3) is 0 Å². The average molecular weight is 308 g/mol. The third-order valence-electron chi connectivity index (χ3n) is 3.61. The Morgan fingerprint density at radius 1 is 1.18 bits per heavy atom. The van der Waals surface area contributed by atoms with E-state index in [0.29, 0.717) is 6.54 Å². The lowest BCUT2D eigenvalue weighted by Gasteiger charge is -2.26. The molecular weight excluding hydrogens is 287 g/mol. The highest BCUT2D eigenvalue weighted by Gasteiger charge is 2.13. The summed E-state index contributed by atoms with van der Waals surface area (Å²) in [7, 11) is 0. The zero-order chi connectivity index (χ0) is 15.8. The summed E-state index contributed by atoms with van der Waals surface area (Å²) in [6, 6.07) is 5.83. The summed E-state index contributed by atoms with van der Waals surface area (Å²) < 4.78 is 18.7. The first kappa shape index (κ1) is 16.6. The van der Waals surface area contributed by atoms with Gasteiger partial charge in [-0.3, -0.25) is 14.5 Å². The van der Waals surface area contributed by atoms with Crippen LogP contribution in [-0.2, 0) is 9.53 Å². The molecule has 1 amide bonds.